The molecule has 0 heterocycles. The quantitative estimate of drug-likeness (QED) is 0.539. The van der Waals surface area contributed by atoms with E-state index in [1.54, 1.807) is 19.2 Å². The molecule has 0 radical (unpaired) electrons. The maximum atomic E-state index is 12.1. The van der Waals surface area contributed by atoms with Crippen LogP contribution < -0.4 is 0 Å². The summed E-state index contributed by atoms with van der Waals surface area (Å²) in [7, 11) is 1.67. The highest BCUT2D eigenvalue weighted by Gasteiger charge is 2.14. The van der Waals surface area contributed by atoms with E-state index in [9.17, 15) is 14.9 Å². The molecular formula is C15H20N4O3. The van der Waals surface area contributed by atoms with Crippen LogP contribution in [0.15, 0.2) is 24.3 Å². The summed E-state index contributed by atoms with van der Waals surface area (Å²) in [6, 6.07) is 8.42. The summed E-state index contributed by atoms with van der Waals surface area (Å²) in [4.78, 5) is 25.8. The Balaban J connectivity index is 2.65. The molecule has 0 unspecified atom stereocenters. The Labute approximate surface area is 129 Å². The van der Waals surface area contributed by atoms with Gasteiger partial charge in [-0.3, -0.25) is 19.8 Å². The Kier molecular flexibility index (Phi) is 6.99. The smallest absolute Gasteiger partial charge is 0.269 e. The van der Waals surface area contributed by atoms with E-state index >= 15 is 0 Å². The Bertz CT molecular complexity index is 568. The lowest BCUT2D eigenvalue weighted by molar-refractivity contribution is -0.384. The first-order valence-electron chi connectivity index (χ1n) is 7.04. The van der Waals surface area contributed by atoms with Crippen molar-refractivity contribution in [2.24, 2.45) is 0 Å². The fourth-order valence-electron chi connectivity index (χ4n) is 1.96. The number of nitriles is 1. The number of carbonyl (C=O) groups excluding carboxylic acids is 1. The molecule has 0 aliphatic heterocycles. The maximum absolute atomic E-state index is 12.1. The average molecular weight is 304 g/mol. The van der Waals surface area contributed by atoms with Gasteiger partial charge >= 0.3 is 0 Å². The van der Waals surface area contributed by atoms with Gasteiger partial charge in [0, 0.05) is 32.3 Å². The number of hydrogen-bond acceptors (Lipinski definition) is 5. The van der Waals surface area contributed by atoms with Gasteiger partial charge in [-0.25, -0.2) is 0 Å². The summed E-state index contributed by atoms with van der Waals surface area (Å²) in [6.07, 6.45) is 0.305. The van der Waals surface area contributed by atoms with Crippen molar-refractivity contribution in [3.63, 3.8) is 0 Å². The fraction of sp³-hybridized carbons (Fsp3) is 0.467. The van der Waals surface area contributed by atoms with Gasteiger partial charge in [0.05, 0.1) is 24.0 Å². The monoisotopic (exact) mass is 304 g/mol. The third-order valence-corrected chi connectivity index (χ3v) is 3.32. The molecule has 0 atom stereocenters. The Morgan fingerprint density at radius 3 is 2.77 bits per heavy atom. The Morgan fingerprint density at radius 2 is 2.18 bits per heavy atom. The first-order chi connectivity index (χ1) is 10.5. The average Bonchev–Trinajstić information content (AvgIpc) is 2.51. The van der Waals surface area contributed by atoms with Crippen molar-refractivity contribution >= 4 is 11.6 Å². The van der Waals surface area contributed by atoms with Gasteiger partial charge in [0.1, 0.15) is 0 Å². The summed E-state index contributed by atoms with van der Waals surface area (Å²) in [5, 5.41) is 19.3. The van der Waals surface area contributed by atoms with Gasteiger partial charge in [0.15, 0.2) is 0 Å². The van der Waals surface area contributed by atoms with Crippen molar-refractivity contribution < 1.29 is 9.72 Å². The van der Waals surface area contributed by atoms with Crippen LogP contribution >= 0.6 is 0 Å². The molecule has 118 valence electrons. The van der Waals surface area contributed by atoms with Gasteiger partial charge in [0.25, 0.3) is 5.69 Å². The van der Waals surface area contributed by atoms with Crippen molar-refractivity contribution in [1.82, 2.24) is 9.80 Å². The van der Waals surface area contributed by atoms with Crippen LogP contribution in [0.25, 0.3) is 0 Å². The lowest BCUT2D eigenvalue weighted by Gasteiger charge is -2.23. The third kappa shape index (κ3) is 5.50. The van der Waals surface area contributed by atoms with Gasteiger partial charge in [-0.1, -0.05) is 19.1 Å². The topological polar surface area (TPSA) is 90.5 Å². The predicted molar refractivity (Wildman–Crippen MR) is 81.9 cm³/mol. The highest BCUT2D eigenvalue weighted by molar-refractivity contribution is 5.78. The lowest BCUT2D eigenvalue weighted by Crippen LogP contribution is -2.38. The summed E-state index contributed by atoms with van der Waals surface area (Å²) in [5.41, 5.74) is 0.842. The van der Waals surface area contributed by atoms with Crippen LogP contribution in [0.5, 0.6) is 0 Å². The summed E-state index contributed by atoms with van der Waals surface area (Å²) < 4.78 is 0. The van der Waals surface area contributed by atoms with Gasteiger partial charge in [0.2, 0.25) is 5.91 Å². The van der Waals surface area contributed by atoms with Crippen molar-refractivity contribution in [3.8, 4) is 6.07 Å². The second-order valence-corrected chi connectivity index (χ2v) is 4.95. The van der Waals surface area contributed by atoms with Crippen LogP contribution in [-0.2, 0) is 11.3 Å². The number of nitro groups is 1. The van der Waals surface area contributed by atoms with E-state index in [0.29, 0.717) is 26.1 Å². The number of amides is 1. The minimum absolute atomic E-state index is 0.0472. The molecule has 1 rings (SSSR count). The molecule has 0 saturated heterocycles. The minimum Gasteiger partial charge on any atom is -0.344 e. The van der Waals surface area contributed by atoms with Gasteiger partial charge < -0.3 is 4.90 Å². The van der Waals surface area contributed by atoms with Crippen molar-refractivity contribution in [1.29, 1.82) is 5.26 Å². The number of benzene rings is 1. The molecule has 7 nitrogen and oxygen atoms in total. The van der Waals surface area contributed by atoms with Crippen molar-refractivity contribution in [2.45, 2.75) is 19.9 Å². The van der Waals surface area contributed by atoms with E-state index in [-0.39, 0.29) is 18.1 Å². The first-order valence-corrected chi connectivity index (χ1v) is 7.04. The van der Waals surface area contributed by atoms with Crippen LogP contribution in [0, 0.1) is 21.4 Å². The molecule has 0 fully saturated rings. The molecule has 1 aromatic rings. The molecule has 0 spiro atoms. The zero-order valence-corrected chi connectivity index (χ0v) is 12.9. The van der Waals surface area contributed by atoms with Crippen molar-refractivity contribution in [2.75, 3.05) is 26.7 Å². The highest BCUT2D eigenvalue weighted by atomic mass is 16.6. The normalized spacial score (nSPS) is 10.3. The molecule has 0 N–H and O–H groups in total. The van der Waals surface area contributed by atoms with Crippen LogP contribution in [0.3, 0.4) is 0 Å². The number of non-ortho nitro benzene ring substituents is 1. The molecule has 0 saturated carbocycles. The second kappa shape index (κ2) is 8.74. The highest BCUT2D eigenvalue weighted by Crippen LogP contribution is 2.14. The standard InChI is InChI=1S/C15H20N4O3/c1-3-18(12-15(20)17(2)9-5-8-16)11-13-6-4-7-14(10-13)19(21)22/h4,6-7,10H,3,5,9,11-12H2,1-2H3. The summed E-state index contributed by atoms with van der Waals surface area (Å²) >= 11 is 0. The first kappa shape index (κ1) is 17.6. The number of nitrogens with zero attached hydrogens (tertiary/aromatic N) is 4. The fourth-order valence-corrected chi connectivity index (χ4v) is 1.96. The molecule has 0 aromatic heterocycles. The van der Waals surface area contributed by atoms with E-state index in [0.717, 1.165) is 5.56 Å². The van der Waals surface area contributed by atoms with E-state index in [1.807, 2.05) is 17.9 Å². The zero-order valence-electron chi connectivity index (χ0n) is 12.9. The molecule has 1 amide bonds. The zero-order chi connectivity index (χ0) is 16.5. The maximum Gasteiger partial charge on any atom is 0.269 e. The molecule has 0 bridgehead atoms. The van der Waals surface area contributed by atoms with E-state index in [2.05, 4.69) is 0 Å². The summed E-state index contributed by atoms with van der Waals surface area (Å²) in [6.45, 7) is 3.68. The van der Waals surface area contributed by atoms with Crippen LogP contribution in [0.4, 0.5) is 5.69 Å². The number of carbonyl (C=O) groups is 1. The summed E-state index contributed by atoms with van der Waals surface area (Å²) in [5.74, 6) is -0.0671. The number of likely N-dealkylation sites (N-methyl/N-ethyl adjacent to an activating group) is 2. The van der Waals surface area contributed by atoms with E-state index < -0.39 is 4.92 Å². The van der Waals surface area contributed by atoms with Crippen LogP contribution in [-0.4, -0.2) is 47.3 Å². The minimum atomic E-state index is -0.430. The SMILES string of the molecule is CCN(CC(=O)N(C)CCC#N)Cc1cccc([N+](=O)[O-])c1. The Hall–Kier alpha value is -2.46. The van der Waals surface area contributed by atoms with E-state index in [1.165, 1.54) is 17.0 Å². The van der Waals surface area contributed by atoms with Crippen LogP contribution in [0.1, 0.15) is 18.9 Å². The largest absolute Gasteiger partial charge is 0.344 e. The van der Waals surface area contributed by atoms with Gasteiger partial charge in [-0.15, -0.1) is 0 Å². The van der Waals surface area contributed by atoms with Crippen molar-refractivity contribution in [3.05, 3.63) is 39.9 Å². The predicted octanol–water partition coefficient (Wildman–Crippen LogP) is 1.79. The van der Waals surface area contributed by atoms with Crippen LogP contribution in [0.2, 0.25) is 0 Å². The number of nitro benzene ring substituents is 1. The molecule has 0 aliphatic carbocycles. The van der Waals surface area contributed by atoms with E-state index in [4.69, 9.17) is 5.26 Å². The Morgan fingerprint density at radius 1 is 1.45 bits per heavy atom. The lowest BCUT2D eigenvalue weighted by atomic mass is 10.2. The number of hydrogen-bond donors (Lipinski definition) is 0. The molecule has 7 heteroatoms. The van der Waals surface area contributed by atoms with Gasteiger partial charge in [-0.2, -0.15) is 5.26 Å². The molecule has 0 aliphatic rings. The number of rotatable bonds is 8. The van der Waals surface area contributed by atoms with Gasteiger partial charge in [-0.05, 0) is 12.1 Å². The molecule has 22 heavy (non-hydrogen) atoms. The molecular weight excluding hydrogens is 284 g/mol. The second-order valence-electron chi connectivity index (χ2n) is 4.95. The third-order valence-electron chi connectivity index (χ3n) is 3.32. The molecule has 1 aromatic carbocycles.